The first kappa shape index (κ1) is 15.4. The van der Waals surface area contributed by atoms with Gasteiger partial charge in [0.05, 0.1) is 10.7 Å². The van der Waals surface area contributed by atoms with Crippen molar-refractivity contribution in [2.45, 2.75) is 13.3 Å². The highest BCUT2D eigenvalue weighted by Gasteiger charge is 2.12. The summed E-state index contributed by atoms with van der Waals surface area (Å²) in [7, 11) is 0. The van der Waals surface area contributed by atoms with E-state index < -0.39 is 0 Å². The van der Waals surface area contributed by atoms with Crippen LogP contribution >= 0.6 is 11.6 Å². The summed E-state index contributed by atoms with van der Waals surface area (Å²) in [6.45, 7) is 1.84. The smallest absolute Gasteiger partial charge is 0.256 e. The number of nitrogens with one attached hydrogen (secondary N) is 1. The standard InChI is InChI=1S/C16H16ClNO3/c1-10-2-4-12(20)9-13(10)16(21)18-15-5-3-11(6-7-19)8-14(15)17/h2-5,8-9,19-20H,6-7H2,1H3,(H,18,21). The molecule has 0 atom stereocenters. The number of hydrogen-bond acceptors (Lipinski definition) is 3. The number of benzene rings is 2. The molecule has 0 aromatic heterocycles. The number of carbonyl (C=O) groups is 1. The Morgan fingerprint density at radius 3 is 2.67 bits per heavy atom. The number of anilines is 1. The van der Waals surface area contributed by atoms with Gasteiger partial charge in [-0.05, 0) is 48.7 Å². The van der Waals surface area contributed by atoms with Crippen LogP contribution in [0.25, 0.3) is 0 Å². The lowest BCUT2D eigenvalue weighted by atomic mass is 10.1. The Labute approximate surface area is 128 Å². The number of amides is 1. The third-order valence-electron chi connectivity index (χ3n) is 3.15. The molecule has 0 aliphatic carbocycles. The van der Waals surface area contributed by atoms with Crippen molar-refractivity contribution in [2.75, 3.05) is 11.9 Å². The first-order chi connectivity index (χ1) is 10.0. The van der Waals surface area contributed by atoms with E-state index in [2.05, 4.69) is 5.32 Å². The van der Waals surface area contributed by atoms with Crippen LogP contribution in [0.1, 0.15) is 21.5 Å². The second kappa shape index (κ2) is 6.61. The first-order valence-electron chi connectivity index (χ1n) is 6.51. The molecule has 0 aliphatic heterocycles. The van der Waals surface area contributed by atoms with Gasteiger partial charge in [0, 0.05) is 12.2 Å². The maximum Gasteiger partial charge on any atom is 0.256 e. The molecular formula is C16H16ClNO3. The lowest BCUT2D eigenvalue weighted by Crippen LogP contribution is -2.13. The molecule has 110 valence electrons. The van der Waals surface area contributed by atoms with E-state index in [1.165, 1.54) is 12.1 Å². The fraction of sp³-hybridized carbons (Fsp3) is 0.188. The molecule has 0 saturated carbocycles. The van der Waals surface area contributed by atoms with E-state index in [0.29, 0.717) is 22.7 Å². The van der Waals surface area contributed by atoms with Gasteiger partial charge in [-0.3, -0.25) is 4.79 Å². The SMILES string of the molecule is Cc1ccc(O)cc1C(=O)Nc1ccc(CCO)cc1Cl. The van der Waals surface area contributed by atoms with Gasteiger partial charge in [0.15, 0.2) is 0 Å². The summed E-state index contributed by atoms with van der Waals surface area (Å²) >= 11 is 6.12. The summed E-state index contributed by atoms with van der Waals surface area (Å²) in [5, 5.41) is 21.5. The summed E-state index contributed by atoms with van der Waals surface area (Å²) in [4.78, 5) is 12.2. The quantitative estimate of drug-likeness (QED) is 0.813. The van der Waals surface area contributed by atoms with Gasteiger partial charge in [-0.2, -0.15) is 0 Å². The van der Waals surface area contributed by atoms with E-state index in [0.717, 1.165) is 11.1 Å². The molecule has 0 unspecified atom stereocenters. The number of aliphatic hydroxyl groups is 1. The van der Waals surface area contributed by atoms with Crippen LogP contribution in [0.2, 0.25) is 5.02 Å². The second-order valence-corrected chi connectivity index (χ2v) is 5.15. The van der Waals surface area contributed by atoms with Crippen LogP contribution in [0, 0.1) is 6.92 Å². The van der Waals surface area contributed by atoms with Gasteiger partial charge in [0.2, 0.25) is 0 Å². The Kier molecular flexibility index (Phi) is 4.83. The third kappa shape index (κ3) is 3.74. The molecule has 5 heteroatoms. The molecule has 0 radical (unpaired) electrons. The Balaban J connectivity index is 2.21. The summed E-state index contributed by atoms with van der Waals surface area (Å²) in [5.74, 6) is -0.296. The minimum absolute atomic E-state index is 0.0372. The number of halogens is 1. The molecule has 0 aliphatic rings. The van der Waals surface area contributed by atoms with Crippen LogP contribution in [0.5, 0.6) is 5.75 Å². The second-order valence-electron chi connectivity index (χ2n) is 4.74. The normalized spacial score (nSPS) is 10.4. The van der Waals surface area contributed by atoms with Crippen molar-refractivity contribution in [3.63, 3.8) is 0 Å². The highest BCUT2D eigenvalue weighted by molar-refractivity contribution is 6.34. The van der Waals surface area contributed by atoms with E-state index in [-0.39, 0.29) is 18.3 Å². The van der Waals surface area contributed by atoms with Crippen LogP contribution in [0.15, 0.2) is 36.4 Å². The summed E-state index contributed by atoms with van der Waals surface area (Å²) in [6, 6.07) is 9.83. The summed E-state index contributed by atoms with van der Waals surface area (Å²) in [6.07, 6.45) is 0.514. The Morgan fingerprint density at radius 2 is 2.00 bits per heavy atom. The topological polar surface area (TPSA) is 69.6 Å². The first-order valence-corrected chi connectivity index (χ1v) is 6.89. The third-order valence-corrected chi connectivity index (χ3v) is 3.46. The van der Waals surface area contributed by atoms with Gasteiger partial charge in [-0.1, -0.05) is 23.7 Å². The van der Waals surface area contributed by atoms with Crippen LogP contribution in [-0.4, -0.2) is 22.7 Å². The van der Waals surface area contributed by atoms with Crippen molar-refractivity contribution >= 4 is 23.2 Å². The lowest BCUT2D eigenvalue weighted by molar-refractivity contribution is 0.102. The molecule has 4 nitrogen and oxygen atoms in total. The average molecular weight is 306 g/mol. The summed E-state index contributed by atoms with van der Waals surface area (Å²) < 4.78 is 0. The number of aryl methyl sites for hydroxylation is 1. The largest absolute Gasteiger partial charge is 0.508 e. The monoisotopic (exact) mass is 305 g/mol. The fourth-order valence-electron chi connectivity index (χ4n) is 1.99. The van der Waals surface area contributed by atoms with Gasteiger partial charge < -0.3 is 15.5 Å². The van der Waals surface area contributed by atoms with Gasteiger partial charge >= 0.3 is 0 Å². The van der Waals surface area contributed by atoms with E-state index in [4.69, 9.17) is 16.7 Å². The number of aromatic hydroxyl groups is 1. The van der Waals surface area contributed by atoms with E-state index in [1.54, 1.807) is 31.2 Å². The van der Waals surface area contributed by atoms with E-state index in [9.17, 15) is 9.90 Å². The number of hydrogen-bond donors (Lipinski definition) is 3. The maximum absolute atomic E-state index is 12.2. The van der Waals surface area contributed by atoms with E-state index >= 15 is 0 Å². The van der Waals surface area contributed by atoms with Gasteiger partial charge in [-0.15, -0.1) is 0 Å². The molecule has 0 fully saturated rings. The van der Waals surface area contributed by atoms with Crippen LogP contribution < -0.4 is 5.32 Å². The molecule has 3 N–H and O–H groups in total. The lowest BCUT2D eigenvalue weighted by Gasteiger charge is -2.10. The maximum atomic E-state index is 12.2. The van der Waals surface area contributed by atoms with Crippen LogP contribution in [-0.2, 0) is 6.42 Å². The molecule has 2 aromatic carbocycles. The molecule has 0 bridgehead atoms. The Hall–Kier alpha value is -2.04. The number of phenols is 1. The average Bonchev–Trinajstić information content (AvgIpc) is 2.44. The zero-order chi connectivity index (χ0) is 15.4. The zero-order valence-electron chi connectivity index (χ0n) is 11.6. The Bertz CT molecular complexity index is 671. The number of rotatable bonds is 4. The van der Waals surface area contributed by atoms with Gasteiger partial charge in [0.25, 0.3) is 5.91 Å². The minimum atomic E-state index is -0.333. The van der Waals surface area contributed by atoms with Crippen molar-refractivity contribution in [1.82, 2.24) is 0 Å². The Morgan fingerprint density at radius 1 is 1.24 bits per heavy atom. The number of aliphatic hydroxyl groups excluding tert-OH is 1. The predicted octanol–water partition coefficient (Wildman–Crippen LogP) is 3.14. The van der Waals surface area contributed by atoms with Crippen molar-refractivity contribution in [1.29, 1.82) is 0 Å². The van der Waals surface area contributed by atoms with Crippen LogP contribution in [0.4, 0.5) is 5.69 Å². The van der Waals surface area contributed by atoms with Crippen molar-refractivity contribution in [3.8, 4) is 5.75 Å². The molecule has 0 saturated heterocycles. The number of carbonyl (C=O) groups excluding carboxylic acids is 1. The molecule has 0 heterocycles. The highest BCUT2D eigenvalue weighted by Crippen LogP contribution is 2.25. The van der Waals surface area contributed by atoms with Crippen molar-refractivity contribution in [2.24, 2.45) is 0 Å². The molecule has 0 spiro atoms. The van der Waals surface area contributed by atoms with Gasteiger partial charge in [-0.25, -0.2) is 0 Å². The number of phenolic OH excluding ortho intramolecular Hbond substituents is 1. The molecule has 2 rings (SSSR count). The van der Waals surface area contributed by atoms with Crippen molar-refractivity contribution in [3.05, 3.63) is 58.1 Å². The predicted molar refractivity (Wildman–Crippen MR) is 83.0 cm³/mol. The fourth-order valence-corrected chi connectivity index (χ4v) is 2.24. The van der Waals surface area contributed by atoms with Gasteiger partial charge in [0.1, 0.15) is 5.75 Å². The van der Waals surface area contributed by atoms with Crippen molar-refractivity contribution < 1.29 is 15.0 Å². The molecule has 21 heavy (non-hydrogen) atoms. The minimum Gasteiger partial charge on any atom is -0.508 e. The molecule has 1 amide bonds. The molecule has 2 aromatic rings. The highest BCUT2D eigenvalue weighted by atomic mass is 35.5. The summed E-state index contributed by atoms with van der Waals surface area (Å²) in [5.41, 5.74) is 2.55. The van der Waals surface area contributed by atoms with Crippen LogP contribution in [0.3, 0.4) is 0 Å². The van der Waals surface area contributed by atoms with E-state index in [1.807, 2.05) is 0 Å². The molecular weight excluding hydrogens is 290 g/mol. The zero-order valence-corrected chi connectivity index (χ0v) is 12.3.